The summed E-state index contributed by atoms with van der Waals surface area (Å²) in [5.41, 5.74) is -0.232. The highest BCUT2D eigenvalue weighted by atomic mass is 16.5. The van der Waals surface area contributed by atoms with Gasteiger partial charge < -0.3 is 20.5 Å². The molecular formula is C16H26N2O6. The maximum absolute atomic E-state index is 12.4. The van der Waals surface area contributed by atoms with Crippen LogP contribution >= 0.6 is 0 Å². The Morgan fingerprint density at radius 3 is 2.17 bits per heavy atom. The van der Waals surface area contributed by atoms with E-state index in [1.165, 1.54) is 14.2 Å². The summed E-state index contributed by atoms with van der Waals surface area (Å²) in [5.74, 6) is -3.74. The van der Waals surface area contributed by atoms with Gasteiger partial charge in [-0.25, -0.2) is 4.79 Å². The predicted octanol–water partition coefficient (Wildman–Crippen LogP) is 0.474. The van der Waals surface area contributed by atoms with Crippen LogP contribution < -0.4 is 10.6 Å². The molecule has 8 nitrogen and oxygen atoms in total. The van der Waals surface area contributed by atoms with Gasteiger partial charge in [0.15, 0.2) is 0 Å². The minimum atomic E-state index is -1.26. The van der Waals surface area contributed by atoms with E-state index in [4.69, 9.17) is 5.11 Å². The predicted molar refractivity (Wildman–Crippen MR) is 87.0 cm³/mol. The Balaban J connectivity index is 5.14. The second kappa shape index (κ2) is 10.4. The third-order valence-corrected chi connectivity index (χ3v) is 3.46. The van der Waals surface area contributed by atoms with Crippen LogP contribution in [0.3, 0.4) is 0 Å². The van der Waals surface area contributed by atoms with E-state index in [0.29, 0.717) is 0 Å². The molecule has 0 saturated heterocycles. The van der Waals surface area contributed by atoms with E-state index in [0.717, 1.165) is 0 Å². The number of likely N-dealkylation sites (N-methyl/N-ethyl adjacent to an activating group) is 1. The van der Waals surface area contributed by atoms with Gasteiger partial charge in [0.05, 0.1) is 13.0 Å². The monoisotopic (exact) mass is 342 g/mol. The quantitative estimate of drug-likeness (QED) is 0.392. The number of hydrogen-bond donors (Lipinski definition) is 3. The first-order chi connectivity index (χ1) is 11.1. The molecule has 0 unspecified atom stereocenters. The van der Waals surface area contributed by atoms with Gasteiger partial charge in [-0.05, 0) is 18.8 Å². The fourth-order valence-corrected chi connectivity index (χ4v) is 2.11. The van der Waals surface area contributed by atoms with Gasteiger partial charge in [-0.1, -0.05) is 20.4 Å². The molecule has 2 amide bonds. The maximum atomic E-state index is 12.4. The van der Waals surface area contributed by atoms with Crippen molar-refractivity contribution in [2.75, 3.05) is 14.2 Å². The number of nitrogens with one attached hydrogen (secondary N) is 2. The second-order valence-corrected chi connectivity index (χ2v) is 5.80. The number of hydrogen-bond acceptors (Lipinski definition) is 5. The van der Waals surface area contributed by atoms with Crippen molar-refractivity contribution in [1.82, 2.24) is 10.6 Å². The average molecular weight is 342 g/mol. The smallest absolute Gasteiger partial charge is 0.331 e. The summed E-state index contributed by atoms with van der Waals surface area (Å²) in [7, 11) is 2.63. The topological polar surface area (TPSA) is 122 Å². The molecule has 136 valence electrons. The summed E-state index contributed by atoms with van der Waals surface area (Å²) >= 11 is 0. The summed E-state index contributed by atoms with van der Waals surface area (Å²) in [5, 5.41) is 14.0. The van der Waals surface area contributed by atoms with Crippen LogP contribution in [0.2, 0.25) is 0 Å². The molecule has 0 bridgehead atoms. The normalized spacial score (nSPS) is 12.9. The first kappa shape index (κ1) is 21.6. The summed E-state index contributed by atoms with van der Waals surface area (Å²) < 4.78 is 4.51. The number of rotatable bonds is 10. The number of esters is 1. The molecule has 3 N–H and O–H groups in total. The van der Waals surface area contributed by atoms with E-state index in [-0.39, 0.29) is 30.8 Å². The van der Waals surface area contributed by atoms with Crippen molar-refractivity contribution in [3.63, 3.8) is 0 Å². The minimum absolute atomic E-state index is 0.0477. The van der Waals surface area contributed by atoms with Crippen molar-refractivity contribution >= 4 is 23.8 Å². The molecule has 2 atom stereocenters. The fourth-order valence-electron chi connectivity index (χ4n) is 2.11. The molecule has 24 heavy (non-hydrogen) atoms. The third-order valence-electron chi connectivity index (χ3n) is 3.46. The van der Waals surface area contributed by atoms with Crippen LogP contribution in [0.25, 0.3) is 0 Å². The molecule has 0 aliphatic carbocycles. The van der Waals surface area contributed by atoms with Crippen molar-refractivity contribution in [1.29, 1.82) is 0 Å². The first-order valence-corrected chi connectivity index (χ1v) is 7.64. The second-order valence-electron chi connectivity index (χ2n) is 5.80. The summed E-state index contributed by atoms with van der Waals surface area (Å²) in [6.07, 6.45) is 0.282. The highest BCUT2D eigenvalue weighted by Crippen LogP contribution is 2.20. The number of carbonyl (C=O) groups excluding carboxylic acids is 3. The van der Waals surface area contributed by atoms with Crippen LogP contribution in [-0.4, -0.2) is 49.1 Å². The van der Waals surface area contributed by atoms with Crippen molar-refractivity contribution in [2.24, 2.45) is 11.8 Å². The molecule has 0 aliphatic heterocycles. The van der Waals surface area contributed by atoms with Crippen LogP contribution in [0.5, 0.6) is 0 Å². The lowest BCUT2D eigenvalue weighted by Gasteiger charge is -2.23. The van der Waals surface area contributed by atoms with E-state index in [1.54, 1.807) is 0 Å². The highest BCUT2D eigenvalue weighted by Gasteiger charge is 2.30. The van der Waals surface area contributed by atoms with Gasteiger partial charge in [0.2, 0.25) is 11.8 Å². The highest BCUT2D eigenvalue weighted by molar-refractivity contribution is 5.97. The Bertz CT molecular complexity index is 501. The lowest BCUT2D eigenvalue weighted by Crippen LogP contribution is -2.48. The van der Waals surface area contributed by atoms with Crippen LogP contribution in [-0.2, 0) is 23.9 Å². The van der Waals surface area contributed by atoms with E-state index in [2.05, 4.69) is 21.9 Å². The van der Waals surface area contributed by atoms with Gasteiger partial charge in [0.25, 0.3) is 0 Å². The Kier molecular flexibility index (Phi) is 9.37. The molecule has 0 aromatic rings. The number of carboxylic acids is 1. The van der Waals surface area contributed by atoms with Crippen molar-refractivity contribution in [2.45, 2.75) is 39.2 Å². The van der Waals surface area contributed by atoms with E-state index >= 15 is 0 Å². The third kappa shape index (κ3) is 7.26. The van der Waals surface area contributed by atoms with Crippen molar-refractivity contribution in [3.8, 4) is 0 Å². The number of carboxylic acid groups (broad SMARTS) is 1. The number of aliphatic carboxylic acids is 1. The zero-order valence-corrected chi connectivity index (χ0v) is 14.5. The molecule has 0 saturated carbocycles. The number of methoxy groups -OCH3 is 1. The van der Waals surface area contributed by atoms with Gasteiger partial charge in [0.1, 0.15) is 6.04 Å². The maximum Gasteiger partial charge on any atom is 0.331 e. The van der Waals surface area contributed by atoms with Gasteiger partial charge in [-0.15, -0.1) is 0 Å². The zero-order chi connectivity index (χ0) is 18.9. The molecule has 0 fully saturated rings. The lowest BCUT2D eigenvalue weighted by molar-refractivity contribution is -0.141. The van der Waals surface area contributed by atoms with E-state index < -0.39 is 35.7 Å². The van der Waals surface area contributed by atoms with Gasteiger partial charge in [0, 0.05) is 19.0 Å². The van der Waals surface area contributed by atoms with Crippen molar-refractivity contribution in [3.05, 3.63) is 12.2 Å². The summed E-state index contributed by atoms with van der Waals surface area (Å²) in [6.45, 7) is 7.15. The summed E-state index contributed by atoms with van der Waals surface area (Å²) in [4.78, 5) is 46.7. The Morgan fingerprint density at radius 2 is 1.75 bits per heavy atom. The average Bonchev–Trinajstić information content (AvgIpc) is 2.53. The molecule has 0 aliphatic rings. The number of carbonyl (C=O) groups is 4. The lowest BCUT2D eigenvalue weighted by atomic mass is 9.89. The van der Waals surface area contributed by atoms with Crippen LogP contribution in [0.4, 0.5) is 0 Å². The van der Waals surface area contributed by atoms with E-state index in [9.17, 15) is 19.2 Å². The molecule has 8 heteroatoms. The largest absolute Gasteiger partial charge is 0.478 e. The van der Waals surface area contributed by atoms with Crippen LogP contribution in [0.15, 0.2) is 12.2 Å². The number of amides is 2. The van der Waals surface area contributed by atoms with E-state index in [1.807, 2.05) is 13.8 Å². The molecule has 0 radical (unpaired) electrons. The first-order valence-electron chi connectivity index (χ1n) is 7.64. The Hall–Kier alpha value is -2.38. The molecule has 0 aromatic heterocycles. The summed E-state index contributed by atoms with van der Waals surface area (Å²) in [6, 6.07) is -0.960. The molecule has 0 rings (SSSR count). The minimum Gasteiger partial charge on any atom is -0.478 e. The van der Waals surface area contributed by atoms with Crippen LogP contribution in [0.1, 0.15) is 33.1 Å². The van der Waals surface area contributed by atoms with Crippen molar-refractivity contribution < 1.29 is 29.0 Å². The molecule has 0 spiro atoms. The standard InChI is InChI=1S/C16H26N2O6/c1-9(2)8-11(10(3)16(22)23)14(20)18-12(15(21)17-4)6-7-13(19)24-5/h9,11-12H,3,6-8H2,1-2,4-5H3,(H,17,21)(H,18,20)(H,22,23)/t11-,12+/m1/s1. The van der Waals surface area contributed by atoms with Crippen LogP contribution in [0, 0.1) is 11.8 Å². The SMILES string of the molecule is C=C(C(=O)O)[C@@H](CC(C)C)C(=O)N[C@@H](CCC(=O)OC)C(=O)NC. The van der Waals surface area contributed by atoms with Gasteiger partial charge >= 0.3 is 11.9 Å². The molecule has 0 heterocycles. The van der Waals surface area contributed by atoms with Gasteiger partial charge in [-0.2, -0.15) is 0 Å². The molecule has 0 aromatic carbocycles. The number of ether oxygens (including phenoxy) is 1. The fraction of sp³-hybridized carbons (Fsp3) is 0.625. The zero-order valence-electron chi connectivity index (χ0n) is 14.5. The Morgan fingerprint density at radius 1 is 1.17 bits per heavy atom. The Labute approximate surface area is 141 Å². The molecular weight excluding hydrogens is 316 g/mol. The van der Waals surface area contributed by atoms with Gasteiger partial charge in [-0.3, -0.25) is 14.4 Å².